The summed E-state index contributed by atoms with van der Waals surface area (Å²) in [5.41, 5.74) is 1.45. The van der Waals surface area contributed by atoms with Crippen molar-refractivity contribution >= 4 is 29.2 Å². The van der Waals surface area contributed by atoms with Crippen LogP contribution in [0.4, 0.5) is 0 Å². The molecule has 0 amide bonds. The van der Waals surface area contributed by atoms with Crippen molar-refractivity contribution in [1.82, 2.24) is 10.6 Å². The van der Waals surface area contributed by atoms with Crippen molar-refractivity contribution in [3.05, 3.63) is 17.3 Å². The number of hydrogen-bond acceptors (Lipinski definition) is 5. The Hall–Kier alpha value is -1.11. The van der Waals surface area contributed by atoms with E-state index < -0.39 is 0 Å². The summed E-state index contributed by atoms with van der Waals surface area (Å²) in [5.74, 6) is 0.694. The van der Waals surface area contributed by atoms with E-state index in [-0.39, 0.29) is 17.1 Å². The van der Waals surface area contributed by atoms with Crippen molar-refractivity contribution in [2.75, 3.05) is 21.1 Å². The molecule has 0 aliphatic heterocycles. The average molecular weight is 318 g/mol. The first-order valence-corrected chi connectivity index (χ1v) is 5.45. The molecule has 6 nitrogen and oxygen atoms in total. The molecule has 0 saturated carbocycles. The second-order valence-electron chi connectivity index (χ2n) is 3.04. The van der Waals surface area contributed by atoms with E-state index in [1.54, 1.807) is 27.3 Å². The van der Waals surface area contributed by atoms with E-state index in [0.29, 0.717) is 16.7 Å². The zero-order valence-corrected chi connectivity index (χ0v) is 12.8. The molecule has 0 unspecified atom stereocenters. The van der Waals surface area contributed by atoms with Gasteiger partial charge in [0.2, 0.25) is 0 Å². The monoisotopic (exact) mass is 317 g/mol. The summed E-state index contributed by atoms with van der Waals surface area (Å²) in [4.78, 5) is 4.21. The maximum atomic E-state index is 4.84. The van der Waals surface area contributed by atoms with Gasteiger partial charge in [-0.05, 0) is 24.8 Å². The smallest absolute Gasteiger partial charge is 0.741 e. The molecule has 0 spiro atoms. The quantitative estimate of drug-likeness (QED) is 0.261. The predicted molar refractivity (Wildman–Crippen MR) is 76.5 cm³/mol. The van der Waals surface area contributed by atoms with Gasteiger partial charge in [-0.2, -0.15) is 10.2 Å². The first kappa shape index (κ1) is 19.2. The van der Waals surface area contributed by atoms with Crippen LogP contribution < -0.4 is 10.6 Å². The van der Waals surface area contributed by atoms with Gasteiger partial charge in [0.15, 0.2) is 0 Å². The molecule has 0 saturated heterocycles. The molecule has 0 bridgehead atoms. The van der Waals surface area contributed by atoms with Crippen LogP contribution in [-0.4, -0.2) is 37.7 Å². The van der Waals surface area contributed by atoms with Crippen LogP contribution in [0.5, 0.6) is 0 Å². The Morgan fingerprint density at radius 2 is 1.72 bits per heavy atom. The van der Waals surface area contributed by atoms with Crippen LogP contribution in [0.25, 0.3) is 5.32 Å². The van der Waals surface area contributed by atoms with Crippen molar-refractivity contribution in [2.45, 2.75) is 13.8 Å². The average Bonchev–Trinajstić information content (AvgIpc) is 2.36. The summed E-state index contributed by atoms with van der Waals surface area (Å²) < 4.78 is 0. The molecule has 0 aromatic heterocycles. The summed E-state index contributed by atoms with van der Waals surface area (Å²) in [7, 11) is 5.17. The van der Waals surface area contributed by atoms with E-state index >= 15 is 0 Å². The van der Waals surface area contributed by atoms with Gasteiger partial charge in [0, 0.05) is 13.2 Å². The molecule has 0 aromatic rings. The normalized spacial score (nSPS) is 13.8. The Labute approximate surface area is 124 Å². The molecular formula is C10H18CuN6S. The standard InChI is InChI=1S/C10H19N6S.Cu/c1-7(14-6-9(11-3)12-4)8(2)15-16-10(17)13-5;/h6H,1-5H3,(H3-,11,12,13,14,15,16,17);/q-1;+2/p-1. The van der Waals surface area contributed by atoms with Gasteiger partial charge in [0.25, 0.3) is 0 Å². The van der Waals surface area contributed by atoms with Crippen LogP contribution in [0, 0.1) is 0 Å². The molecule has 0 aromatic carbocycles. The molecule has 0 aliphatic rings. The van der Waals surface area contributed by atoms with Gasteiger partial charge in [-0.15, -0.1) is 0 Å². The van der Waals surface area contributed by atoms with Crippen molar-refractivity contribution in [3.8, 4) is 0 Å². The minimum Gasteiger partial charge on any atom is -0.741 e. The fourth-order valence-electron chi connectivity index (χ4n) is 0.728. The molecule has 0 rings (SSSR count). The van der Waals surface area contributed by atoms with E-state index in [0.717, 1.165) is 5.71 Å². The Morgan fingerprint density at radius 1 is 1.11 bits per heavy atom. The van der Waals surface area contributed by atoms with Gasteiger partial charge in [-0.25, -0.2) is 0 Å². The third kappa shape index (κ3) is 8.05. The van der Waals surface area contributed by atoms with Gasteiger partial charge in [-0.1, -0.05) is 14.1 Å². The maximum Gasteiger partial charge on any atom is 2.00 e. The molecule has 0 heterocycles. The number of rotatable bonds is 5. The summed E-state index contributed by atoms with van der Waals surface area (Å²) >= 11 is 4.84. The SMILES string of the molecule is C[N-]\C(=C/N=C(C)\C(C)=N\N=C(/[S-])NC)NC.[Cu+2]. The second-order valence-corrected chi connectivity index (χ2v) is 3.43. The third-order valence-electron chi connectivity index (χ3n) is 1.91. The minimum atomic E-state index is 0. The Kier molecular flexibility index (Phi) is 11.8. The van der Waals surface area contributed by atoms with E-state index in [2.05, 4.69) is 31.1 Å². The van der Waals surface area contributed by atoms with Gasteiger partial charge in [0.1, 0.15) is 0 Å². The largest absolute Gasteiger partial charge is 2.00 e. The number of amidine groups is 1. The van der Waals surface area contributed by atoms with Crippen LogP contribution in [0.15, 0.2) is 27.2 Å². The minimum absolute atomic E-state index is 0. The van der Waals surface area contributed by atoms with Crippen molar-refractivity contribution in [1.29, 1.82) is 0 Å². The fourth-order valence-corrected chi connectivity index (χ4v) is 0.769. The first-order chi connectivity index (χ1) is 8.04. The van der Waals surface area contributed by atoms with E-state index in [1.165, 1.54) is 0 Å². The van der Waals surface area contributed by atoms with Crippen LogP contribution in [0.1, 0.15) is 13.8 Å². The maximum absolute atomic E-state index is 4.84. The molecule has 105 valence electrons. The topological polar surface area (TPSA) is 75.2 Å². The van der Waals surface area contributed by atoms with Crippen LogP contribution >= 0.6 is 0 Å². The number of aliphatic imine (C=N–C) groups is 1. The molecule has 18 heavy (non-hydrogen) atoms. The number of hydrogen-bond donors (Lipinski definition) is 2. The third-order valence-corrected chi connectivity index (χ3v) is 2.19. The van der Waals surface area contributed by atoms with Gasteiger partial charge < -0.3 is 28.6 Å². The molecule has 0 aliphatic carbocycles. The summed E-state index contributed by atoms with van der Waals surface area (Å²) in [6, 6.07) is 0. The van der Waals surface area contributed by atoms with Gasteiger partial charge >= 0.3 is 17.1 Å². The van der Waals surface area contributed by atoms with Crippen molar-refractivity contribution in [2.24, 2.45) is 15.2 Å². The first-order valence-electron chi connectivity index (χ1n) is 5.04. The van der Waals surface area contributed by atoms with Crippen molar-refractivity contribution < 1.29 is 17.1 Å². The molecule has 2 N–H and O–H groups in total. The second kappa shape index (κ2) is 11.0. The molecule has 0 atom stereocenters. The summed E-state index contributed by atoms with van der Waals surface area (Å²) in [6.45, 7) is 3.66. The molecule has 1 radical (unpaired) electrons. The predicted octanol–water partition coefficient (Wildman–Crippen LogP) is 0.965. The van der Waals surface area contributed by atoms with Gasteiger partial charge in [0.05, 0.1) is 11.4 Å². The van der Waals surface area contributed by atoms with Crippen LogP contribution in [-0.2, 0) is 29.7 Å². The molecular weight excluding hydrogens is 300 g/mol. The summed E-state index contributed by atoms with van der Waals surface area (Å²) in [5, 5.41) is 17.7. The van der Waals surface area contributed by atoms with Crippen molar-refractivity contribution in [3.63, 3.8) is 0 Å². The van der Waals surface area contributed by atoms with E-state index in [9.17, 15) is 0 Å². The van der Waals surface area contributed by atoms with E-state index in [4.69, 9.17) is 12.6 Å². The summed E-state index contributed by atoms with van der Waals surface area (Å²) in [6.07, 6.45) is 1.63. The van der Waals surface area contributed by atoms with Crippen LogP contribution in [0.3, 0.4) is 0 Å². The van der Waals surface area contributed by atoms with Gasteiger partial charge in [-0.3, -0.25) is 4.99 Å². The number of nitrogens with zero attached hydrogens (tertiary/aromatic N) is 4. The van der Waals surface area contributed by atoms with Crippen LogP contribution in [0.2, 0.25) is 0 Å². The Morgan fingerprint density at radius 3 is 2.17 bits per heavy atom. The number of nitrogens with one attached hydrogen (secondary N) is 2. The van der Waals surface area contributed by atoms with E-state index in [1.807, 2.05) is 13.8 Å². The fraction of sp³-hybridized carbons (Fsp3) is 0.500. The Bertz CT molecular complexity index is 355. The molecule has 8 heteroatoms. The zero-order chi connectivity index (χ0) is 13.3. The Balaban J connectivity index is 0. The zero-order valence-electron chi connectivity index (χ0n) is 11.1. The molecule has 0 fully saturated rings.